The Bertz CT molecular complexity index is 800. The Hall–Kier alpha value is -2.75. The summed E-state index contributed by atoms with van der Waals surface area (Å²) in [7, 11) is 0. The van der Waals surface area contributed by atoms with Crippen molar-refractivity contribution in [2.24, 2.45) is 0 Å². The predicted molar refractivity (Wildman–Crippen MR) is 96.3 cm³/mol. The summed E-state index contributed by atoms with van der Waals surface area (Å²) in [6, 6.07) is 17.4. The number of anilines is 1. The van der Waals surface area contributed by atoms with E-state index in [0.717, 1.165) is 23.1 Å². The van der Waals surface area contributed by atoms with E-state index < -0.39 is 5.41 Å². The molecular formula is C21H21NO3. The monoisotopic (exact) mass is 335 g/mol. The van der Waals surface area contributed by atoms with Gasteiger partial charge in [0.1, 0.15) is 12.1 Å². The average molecular weight is 335 g/mol. The highest BCUT2D eigenvalue weighted by atomic mass is 16.2. The van der Waals surface area contributed by atoms with Crippen LogP contribution in [-0.4, -0.2) is 18.0 Å². The summed E-state index contributed by atoms with van der Waals surface area (Å²) >= 11 is 0. The Labute approximate surface area is 147 Å². The van der Waals surface area contributed by atoms with E-state index in [4.69, 9.17) is 0 Å². The zero-order valence-electron chi connectivity index (χ0n) is 14.3. The molecule has 0 spiro atoms. The molecule has 0 saturated heterocycles. The van der Waals surface area contributed by atoms with E-state index in [-0.39, 0.29) is 24.5 Å². The fourth-order valence-electron chi connectivity index (χ4n) is 3.59. The van der Waals surface area contributed by atoms with Crippen molar-refractivity contribution in [1.82, 2.24) is 0 Å². The number of ketones is 1. The van der Waals surface area contributed by atoms with Crippen molar-refractivity contribution >= 4 is 23.7 Å². The lowest BCUT2D eigenvalue weighted by Crippen LogP contribution is -2.40. The molecule has 1 heterocycles. The van der Waals surface area contributed by atoms with E-state index in [1.54, 1.807) is 4.90 Å². The van der Waals surface area contributed by atoms with Gasteiger partial charge in [0, 0.05) is 18.5 Å². The molecule has 0 N–H and O–H groups in total. The second-order valence-electron chi connectivity index (χ2n) is 6.55. The smallest absolute Gasteiger partial charge is 0.238 e. The number of carbonyl (C=O) groups excluding carboxylic acids is 3. The Morgan fingerprint density at radius 2 is 1.76 bits per heavy atom. The summed E-state index contributed by atoms with van der Waals surface area (Å²) in [4.78, 5) is 38.0. The first kappa shape index (κ1) is 17.1. The number of aldehydes is 1. The first-order valence-corrected chi connectivity index (χ1v) is 8.47. The minimum Gasteiger partial charge on any atom is -0.307 e. The van der Waals surface area contributed by atoms with Crippen LogP contribution in [-0.2, 0) is 26.3 Å². The predicted octanol–water partition coefficient (Wildman–Crippen LogP) is 3.43. The molecule has 1 aliphatic heterocycles. The van der Waals surface area contributed by atoms with Gasteiger partial charge in [-0.05, 0) is 30.5 Å². The molecule has 0 bridgehead atoms. The molecule has 0 aliphatic carbocycles. The third-order valence-electron chi connectivity index (χ3n) is 4.88. The van der Waals surface area contributed by atoms with Crippen molar-refractivity contribution in [2.45, 2.75) is 38.1 Å². The third kappa shape index (κ3) is 3.12. The molecule has 0 saturated carbocycles. The standard InChI is InChI=1S/C21H21NO3/c1-16(24)11-12-21(13-14-23)18-9-5-6-10-19(18)22(20(21)25)15-17-7-3-2-4-8-17/h2-10,14H,11-13,15H2,1H3. The zero-order chi connectivity index (χ0) is 17.9. The number of amides is 1. The van der Waals surface area contributed by atoms with E-state index in [0.29, 0.717) is 13.0 Å². The summed E-state index contributed by atoms with van der Waals surface area (Å²) in [6.07, 6.45) is 1.54. The number of benzene rings is 2. The molecule has 0 fully saturated rings. The summed E-state index contributed by atoms with van der Waals surface area (Å²) in [6.45, 7) is 1.97. The van der Waals surface area contributed by atoms with Gasteiger partial charge in [0.25, 0.3) is 0 Å². The highest BCUT2D eigenvalue weighted by molar-refractivity contribution is 6.09. The molecule has 0 radical (unpaired) electrons. The maximum absolute atomic E-state index is 13.3. The number of carbonyl (C=O) groups is 3. The van der Waals surface area contributed by atoms with Crippen LogP contribution in [0.3, 0.4) is 0 Å². The van der Waals surface area contributed by atoms with Crippen LogP contribution in [0.4, 0.5) is 5.69 Å². The van der Waals surface area contributed by atoms with Gasteiger partial charge in [0.05, 0.1) is 12.0 Å². The van der Waals surface area contributed by atoms with Crippen LogP contribution in [0, 0.1) is 0 Å². The molecule has 0 aromatic heterocycles. The topological polar surface area (TPSA) is 54.5 Å². The van der Waals surface area contributed by atoms with Gasteiger partial charge in [-0.2, -0.15) is 0 Å². The van der Waals surface area contributed by atoms with Gasteiger partial charge in [-0.3, -0.25) is 4.79 Å². The Balaban J connectivity index is 2.03. The van der Waals surface area contributed by atoms with E-state index in [1.807, 2.05) is 54.6 Å². The number of rotatable bonds is 7. The zero-order valence-corrected chi connectivity index (χ0v) is 14.3. The van der Waals surface area contributed by atoms with Crippen LogP contribution in [0.25, 0.3) is 0 Å². The summed E-state index contributed by atoms with van der Waals surface area (Å²) < 4.78 is 0. The molecule has 2 aromatic carbocycles. The fourth-order valence-corrected chi connectivity index (χ4v) is 3.59. The van der Waals surface area contributed by atoms with Crippen LogP contribution in [0.1, 0.15) is 37.3 Å². The number of nitrogens with zero attached hydrogens (tertiary/aromatic N) is 1. The van der Waals surface area contributed by atoms with Crippen LogP contribution in [0.15, 0.2) is 54.6 Å². The first-order chi connectivity index (χ1) is 12.1. The van der Waals surface area contributed by atoms with Crippen molar-refractivity contribution in [2.75, 3.05) is 4.90 Å². The number of hydrogen-bond acceptors (Lipinski definition) is 3. The lowest BCUT2D eigenvalue weighted by molar-refractivity contribution is -0.126. The molecule has 1 amide bonds. The minimum atomic E-state index is -0.932. The quantitative estimate of drug-likeness (QED) is 0.729. The molecule has 1 aliphatic rings. The first-order valence-electron chi connectivity index (χ1n) is 8.47. The molecule has 2 aromatic rings. The number of fused-ring (bicyclic) bond motifs is 1. The van der Waals surface area contributed by atoms with E-state index in [1.165, 1.54) is 6.92 Å². The molecule has 3 rings (SSSR count). The van der Waals surface area contributed by atoms with Crippen molar-refractivity contribution < 1.29 is 14.4 Å². The third-order valence-corrected chi connectivity index (χ3v) is 4.88. The van der Waals surface area contributed by atoms with Gasteiger partial charge in [-0.15, -0.1) is 0 Å². The number of hydrogen-bond donors (Lipinski definition) is 0. The molecule has 128 valence electrons. The largest absolute Gasteiger partial charge is 0.307 e. The van der Waals surface area contributed by atoms with Crippen LogP contribution < -0.4 is 4.90 Å². The second kappa shape index (κ2) is 7.01. The van der Waals surface area contributed by atoms with Crippen LogP contribution >= 0.6 is 0 Å². The lowest BCUT2D eigenvalue weighted by atomic mass is 9.75. The van der Waals surface area contributed by atoms with Crippen molar-refractivity contribution in [3.63, 3.8) is 0 Å². The number of para-hydroxylation sites is 1. The molecule has 1 unspecified atom stereocenters. The Morgan fingerprint density at radius 1 is 1.08 bits per heavy atom. The minimum absolute atomic E-state index is 0.0251. The van der Waals surface area contributed by atoms with Gasteiger partial charge >= 0.3 is 0 Å². The summed E-state index contributed by atoms with van der Waals surface area (Å²) in [5.74, 6) is -0.0667. The second-order valence-corrected chi connectivity index (χ2v) is 6.55. The maximum Gasteiger partial charge on any atom is 0.238 e. The normalized spacial score (nSPS) is 18.9. The molecular weight excluding hydrogens is 314 g/mol. The SMILES string of the molecule is CC(=O)CCC1(CC=O)C(=O)N(Cc2ccccc2)c2ccccc21. The fraction of sp³-hybridized carbons (Fsp3) is 0.286. The van der Waals surface area contributed by atoms with Gasteiger partial charge in [-0.25, -0.2) is 0 Å². The van der Waals surface area contributed by atoms with E-state index >= 15 is 0 Å². The van der Waals surface area contributed by atoms with Crippen molar-refractivity contribution in [1.29, 1.82) is 0 Å². The lowest BCUT2D eigenvalue weighted by Gasteiger charge is -2.26. The molecule has 4 heteroatoms. The van der Waals surface area contributed by atoms with Crippen LogP contribution in [0.5, 0.6) is 0 Å². The van der Waals surface area contributed by atoms with Gasteiger partial charge in [-0.1, -0.05) is 48.5 Å². The van der Waals surface area contributed by atoms with E-state index in [9.17, 15) is 14.4 Å². The summed E-state index contributed by atoms with van der Waals surface area (Å²) in [5.41, 5.74) is 1.78. The average Bonchev–Trinajstić information content (AvgIpc) is 2.84. The van der Waals surface area contributed by atoms with Gasteiger partial charge in [0.15, 0.2) is 0 Å². The van der Waals surface area contributed by atoms with Gasteiger partial charge in [0.2, 0.25) is 5.91 Å². The van der Waals surface area contributed by atoms with Crippen molar-refractivity contribution in [3.8, 4) is 0 Å². The Kier molecular flexibility index (Phi) is 4.79. The highest BCUT2D eigenvalue weighted by Crippen LogP contribution is 2.47. The molecule has 25 heavy (non-hydrogen) atoms. The van der Waals surface area contributed by atoms with Gasteiger partial charge < -0.3 is 14.5 Å². The number of Topliss-reactive ketones (excluding diaryl/α,β-unsaturated/α-hetero) is 1. The molecule has 4 nitrogen and oxygen atoms in total. The van der Waals surface area contributed by atoms with Crippen LogP contribution in [0.2, 0.25) is 0 Å². The van der Waals surface area contributed by atoms with Crippen molar-refractivity contribution in [3.05, 3.63) is 65.7 Å². The summed E-state index contributed by atoms with van der Waals surface area (Å²) in [5, 5.41) is 0. The Morgan fingerprint density at radius 3 is 2.44 bits per heavy atom. The highest BCUT2D eigenvalue weighted by Gasteiger charge is 2.50. The van der Waals surface area contributed by atoms with E-state index in [2.05, 4.69) is 0 Å². The maximum atomic E-state index is 13.3. The molecule has 1 atom stereocenters.